The second-order valence-electron chi connectivity index (χ2n) is 6.46. The normalized spacial score (nSPS) is 23.6. The monoisotopic (exact) mass is 302 g/mol. The van der Waals surface area contributed by atoms with Crippen molar-refractivity contribution in [3.05, 3.63) is 35.4 Å². The molecule has 2 atom stereocenters. The van der Waals surface area contributed by atoms with Gasteiger partial charge in [-0.2, -0.15) is 0 Å². The van der Waals surface area contributed by atoms with Gasteiger partial charge in [0.1, 0.15) is 0 Å². The van der Waals surface area contributed by atoms with Crippen molar-refractivity contribution in [2.75, 3.05) is 26.2 Å². The van der Waals surface area contributed by atoms with Crippen LogP contribution >= 0.6 is 0 Å². The van der Waals surface area contributed by atoms with Gasteiger partial charge in [0.15, 0.2) is 0 Å². The van der Waals surface area contributed by atoms with Crippen LogP contribution in [0.3, 0.4) is 0 Å². The van der Waals surface area contributed by atoms with Crippen LogP contribution in [-0.2, 0) is 11.2 Å². The lowest BCUT2D eigenvalue weighted by molar-refractivity contribution is -0.129. The van der Waals surface area contributed by atoms with Crippen molar-refractivity contribution in [3.63, 3.8) is 0 Å². The van der Waals surface area contributed by atoms with Gasteiger partial charge in [-0.15, -0.1) is 0 Å². The van der Waals surface area contributed by atoms with Crippen LogP contribution < -0.4 is 0 Å². The molecule has 1 aromatic carbocycles. The van der Waals surface area contributed by atoms with Crippen LogP contribution in [0.2, 0.25) is 0 Å². The Morgan fingerprint density at radius 3 is 2.77 bits per heavy atom. The Balaban J connectivity index is 1.63. The van der Waals surface area contributed by atoms with E-state index in [0.29, 0.717) is 25.6 Å². The summed E-state index contributed by atoms with van der Waals surface area (Å²) in [7, 11) is 0. The molecule has 2 aliphatic rings. The summed E-state index contributed by atoms with van der Waals surface area (Å²) in [6.07, 6.45) is 3.21. The highest BCUT2D eigenvalue weighted by atomic mass is 16.3. The SMILES string of the molecule is CCC1c2ccccc2CCN1CC(O)CN1CCCC1=O. The molecule has 2 aliphatic heterocycles. The number of fused-ring (bicyclic) bond motifs is 1. The average Bonchev–Trinajstić information content (AvgIpc) is 2.92. The van der Waals surface area contributed by atoms with E-state index < -0.39 is 6.10 Å². The van der Waals surface area contributed by atoms with Gasteiger partial charge in [0.2, 0.25) is 5.91 Å². The maximum atomic E-state index is 11.7. The Morgan fingerprint density at radius 2 is 2.05 bits per heavy atom. The second-order valence-corrected chi connectivity index (χ2v) is 6.46. The number of aliphatic hydroxyl groups excluding tert-OH is 1. The Bertz CT molecular complexity index is 532. The molecule has 22 heavy (non-hydrogen) atoms. The minimum Gasteiger partial charge on any atom is -0.390 e. The number of hydrogen-bond acceptors (Lipinski definition) is 3. The molecule has 0 radical (unpaired) electrons. The van der Waals surface area contributed by atoms with Gasteiger partial charge in [-0.25, -0.2) is 0 Å². The van der Waals surface area contributed by atoms with Crippen LogP contribution in [0.25, 0.3) is 0 Å². The van der Waals surface area contributed by atoms with E-state index in [-0.39, 0.29) is 5.91 Å². The first kappa shape index (κ1) is 15.5. The van der Waals surface area contributed by atoms with E-state index in [1.54, 1.807) is 0 Å². The predicted octanol–water partition coefficient (Wildman–Crippen LogP) is 1.98. The molecule has 0 bridgehead atoms. The van der Waals surface area contributed by atoms with Gasteiger partial charge < -0.3 is 10.0 Å². The highest BCUT2D eigenvalue weighted by molar-refractivity contribution is 5.78. The van der Waals surface area contributed by atoms with E-state index in [1.165, 1.54) is 11.1 Å². The number of nitrogens with zero attached hydrogens (tertiary/aromatic N) is 2. The molecule has 0 aromatic heterocycles. The third kappa shape index (κ3) is 3.18. The van der Waals surface area contributed by atoms with E-state index in [1.807, 2.05) is 4.90 Å². The van der Waals surface area contributed by atoms with Crippen LogP contribution in [0.1, 0.15) is 43.4 Å². The Hall–Kier alpha value is -1.39. The number of rotatable bonds is 5. The van der Waals surface area contributed by atoms with Gasteiger partial charge in [-0.05, 0) is 30.4 Å². The maximum Gasteiger partial charge on any atom is 0.222 e. The quantitative estimate of drug-likeness (QED) is 0.904. The van der Waals surface area contributed by atoms with Gasteiger partial charge in [-0.3, -0.25) is 9.69 Å². The van der Waals surface area contributed by atoms with E-state index in [4.69, 9.17) is 0 Å². The van der Waals surface area contributed by atoms with Gasteiger partial charge in [-0.1, -0.05) is 31.2 Å². The van der Waals surface area contributed by atoms with E-state index in [9.17, 15) is 9.90 Å². The smallest absolute Gasteiger partial charge is 0.222 e. The van der Waals surface area contributed by atoms with E-state index in [0.717, 1.165) is 32.4 Å². The van der Waals surface area contributed by atoms with Crippen molar-refractivity contribution < 1.29 is 9.90 Å². The third-order valence-electron chi connectivity index (χ3n) is 4.96. The van der Waals surface area contributed by atoms with Crippen molar-refractivity contribution in [1.29, 1.82) is 0 Å². The van der Waals surface area contributed by atoms with Crippen molar-refractivity contribution in [1.82, 2.24) is 9.80 Å². The van der Waals surface area contributed by atoms with Crippen LogP contribution in [0.4, 0.5) is 0 Å². The lowest BCUT2D eigenvalue weighted by Gasteiger charge is -2.38. The molecule has 4 heteroatoms. The second kappa shape index (κ2) is 6.80. The topological polar surface area (TPSA) is 43.8 Å². The molecule has 1 fully saturated rings. The van der Waals surface area contributed by atoms with Crippen molar-refractivity contribution in [2.24, 2.45) is 0 Å². The van der Waals surface area contributed by atoms with Crippen molar-refractivity contribution in [2.45, 2.75) is 44.8 Å². The molecular formula is C18H26N2O2. The Kier molecular flexibility index (Phi) is 4.79. The maximum absolute atomic E-state index is 11.7. The van der Waals surface area contributed by atoms with Gasteiger partial charge >= 0.3 is 0 Å². The molecule has 1 N–H and O–H groups in total. The number of β-amino-alcohol motifs (C(OH)–C–C–N with tert-alkyl or cyclic N) is 1. The highest BCUT2D eigenvalue weighted by Crippen LogP contribution is 2.32. The number of amides is 1. The van der Waals surface area contributed by atoms with Crippen molar-refractivity contribution >= 4 is 5.91 Å². The van der Waals surface area contributed by atoms with Gasteiger partial charge in [0.05, 0.1) is 6.10 Å². The fraction of sp³-hybridized carbons (Fsp3) is 0.611. The summed E-state index contributed by atoms with van der Waals surface area (Å²) >= 11 is 0. The zero-order valence-corrected chi connectivity index (χ0v) is 13.4. The molecule has 2 heterocycles. The molecule has 120 valence electrons. The summed E-state index contributed by atoms with van der Waals surface area (Å²) in [4.78, 5) is 15.9. The number of carbonyl (C=O) groups is 1. The summed E-state index contributed by atoms with van der Waals surface area (Å²) in [5, 5.41) is 10.4. The summed E-state index contributed by atoms with van der Waals surface area (Å²) in [5.41, 5.74) is 2.84. The van der Waals surface area contributed by atoms with Crippen LogP contribution in [0, 0.1) is 0 Å². The first-order valence-corrected chi connectivity index (χ1v) is 8.46. The fourth-order valence-electron chi connectivity index (χ4n) is 3.88. The van der Waals surface area contributed by atoms with E-state index in [2.05, 4.69) is 36.1 Å². The zero-order chi connectivity index (χ0) is 15.5. The molecule has 1 saturated heterocycles. The molecule has 0 spiro atoms. The van der Waals surface area contributed by atoms with Gasteiger partial charge in [0.25, 0.3) is 0 Å². The zero-order valence-electron chi connectivity index (χ0n) is 13.4. The minimum absolute atomic E-state index is 0.190. The third-order valence-corrected chi connectivity index (χ3v) is 4.96. The Morgan fingerprint density at radius 1 is 1.23 bits per heavy atom. The predicted molar refractivity (Wildman–Crippen MR) is 86.6 cm³/mol. The lowest BCUT2D eigenvalue weighted by atomic mass is 9.91. The van der Waals surface area contributed by atoms with Crippen LogP contribution in [-0.4, -0.2) is 53.1 Å². The summed E-state index contributed by atoms with van der Waals surface area (Å²) in [6.45, 7) is 5.12. The number of aliphatic hydroxyl groups is 1. The molecule has 2 unspecified atom stereocenters. The molecule has 4 nitrogen and oxygen atoms in total. The fourth-order valence-corrected chi connectivity index (χ4v) is 3.88. The molecule has 0 aliphatic carbocycles. The summed E-state index contributed by atoms with van der Waals surface area (Å²) < 4.78 is 0. The van der Waals surface area contributed by atoms with Gasteiger partial charge in [0, 0.05) is 38.6 Å². The number of carbonyl (C=O) groups excluding carboxylic acids is 1. The minimum atomic E-state index is -0.457. The summed E-state index contributed by atoms with van der Waals surface area (Å²) in [6, 6.07) is 9.02. The lowest BCUT2D eigenvalue weighted by Crippen LogP contribution is -2.44. The Labute approximate surface area is 132 Å². The largest absolute Gasteiger partial charge is 0.390 e. The molecule has 3 rings (SSSR count). The first-order valence-electron chi connectivity index (χ1n) is 8.46. The number of hydrogen-bond donors (Lipinski definition) is 1. The first-order chi connectivity index (χ1) is 10.7. The standard InChI is InChI=1S/C18H26N2O2/c1-2-17-16-7-4-3-6-14(16)9-11-19(17)12-15(21)13-20-10-5-8-18(20)22/h3-4,6-7,15,17,21H,2,5,8-13H2,1H3. The van der Waals surface area contributed by atoms with E-state index >= 15 is 0 Å². The number of benzene rings is 1. The van der Waals surface area contributed by atoms with Crippen LogP contribution in [0.5, 0.6) is 0 Å². The average molecular weight is 302 g/mol. The number of likely N-dealkylation sites (tertiary alicyclic amines) is 1. The summed E-state index contributed by atoms with van der Waals surface area (Å²) in [5.74, 6) is 0.190. The molecule has 0 saturated carbocycles. The van der Waals surface area contributed by atoms with Crippen molar-refractivity contribution in [3.8, 4) is 0 Å². The molecule has 1 amide bonds. The van der Waals surface area contributed by atoms with Crippen LogP contribution in [0.15, 0.2) is 24.3 Å². The molecule has 1 aromatic rings. The highest BCUT2D eigenvalue weighted by Gasteiger charge is 2.29. The molecular weight excluding hydrogens is 276 g/mol.